The summed E-state index contributed by atoms with van der Waals surface area (Å²) >= 11 is 0. The molecule has 2 aromatic rings. The summed E-state index contributed by atoms with van der Waals surface area (Å²) in [7, 11) is -3.59. The smallest absolute Gasteiger partial charge is 0.244 e. The number of para-hydroxylation sites is 1. The van der Waals surface area contributed by atoms with Crippen LogP contribution in [0.3, 0.4) is 0 Å². The van der Waals surface area contributed by atoms with Crippen molar-refractivity contribution < 1.29 is 8.42 Å². The largest absolute Gasteiger partial charge is 0.368 e. The Labute approximate surface area is 149 Å². The molecular formula is C20H22N2O2S. The Morgan fingerprint density at radius 2 is 1.88 bits per heavy atom. The number of aryl methyl sites for hydroxylation is 1. The van der Waals surface area contributed by atoms with E-state index in [2.05, 4.69) is 24.9 Å². The van der Waals surface area contributed by atoms with Crippen molar-refractivity contribution in [3.05, 3.63) is 72.3 Å². The molecule has 1 N–H and O–H groups in total. The Balaban J connectivity index is 1.81. The fourth-order valence-corrected chi connectivity index (χ4v) is 5.84. The molecule has 2 aromatic carbocycles. The summed E-state index contributed by atoms with van der Waals surface area (Å²) in [5.74, 6) is 0.0499. The molecule has 0 amide bonds. The van der Waals surface area contributed by atoms with Gasteiger partial charge in [0.15, 0.2) is 0 Å². The topological polar surface area (TPSA) is 49.4 Å². The molecule has 0 spiro atoms. The summed E-state index contributed by atoms with van der Waals surface area (Å²) < 4.78 is 28.2. The molecule has 0 bridgehead atoms. The molecule has 4 rings (SSSR count). The van der Waals surface area contributed by atoms with E-state index < -0.39 is 10.0 Å². The zero-order valence-electron chi connectivity index (χ0n) is 14.4. The Morgan fingerprint density at radius 1 is 1.20 bits per heavy atom. The summed E-state index contributed by atoms with van der Waals surface area (Å²) in [5.41, 5.74) is 2.88. The van der Waals surface area contributed by atoms with Gasteiger partial charge in [0.25, 0.3) is 0 Å². The molecule has 0 unspecified atom stereocenters. The number of sulfonamides is 1. The fourth-order valence-electron chi connectivity index (χ4n) is 4.19. The van der Waals surface area contributed by atoms with E-state index in [0.29, 0.717) is 11.4 Å². The van der Waals surface area contributed by atoms with Gasteiger partial charge in [0.1, 0.15) is 6.17 Å². The highest BCUT2D eigenvalue weighted by Gasteiger charge is 2.58. The van der Waals surface area contributed by atoms with Crippen molar-refractivity contribution in [1.82, 2.24) is 4.31 Å². The van der Waals surface area contributed by atoms with Gasteiger partial charge in [-0.2, -0.15) is 4.31 Å². The predicted octanol–water partition coefficient (Wildman–Crippen LogP) is 3.51. The molecule has 2 heterocycles. The van der Waals surface area contributed by atoms with Crippen molar-refractivity contribution in [2.75, 3.05) is 11.9 Å². The van der Waals surface area contributed by atoms with Gasteiger partial charge >= 0.3 is 0 Å². The van der Waals surface area contributed by atoms with Crippen LogP contribution in [0.5, 0.6) is 0 Å². The molecule has 1 fully saturated rings. The van der Waals surface area contributed by atoms with Gasteiger partial charge in [-0.15, -0.1) is 6.58 Å². The zero-order valence-corrected chi connectivity index (χ0v) is 15.3. The summed E-state index contributed by atoms with van der Waals surface area (Å²) in [5, 5.41) is 3.44. The highest BCUT2D eigenvalue weighted by molar-refractivity contribution is 7.89. The predicted molar refractivity (Wildman–Crippen MR) is 100.0 cm³/mol. The third-order valence-electron chi connectivity index (χ3n) is 5.71. The van der Waals surface area contributed by atoms with Crippen molar-refractivity contribution in [3.63, 3.8) is 0 Å². The minimum atomic E-state index is -3.59. The molecule has 0 saturated carbocycles. The first-order valence-corrected chi connectivity index (χ1v) is 9.90. The second-order valence-electron chi connectivity index (χ2n) is 7.11. The lowest BCUT2D eigenvalue weighted by molar-refractivity contribution is 0.350. The molecule has 25 heavy (non-hydrogen) atoms. The first-order valence-electron chi connectivity index (χ1n) is 8.46. The van der Waals surface area contributed by atoms with E-state index >= 15 is 0 Å². The molecule has 2 aliphatic heterocycles. The van der Waals surface area contributed by atoms with E-state index in [4.69, 9.17) is 0 Å². The summed E-state index contributed by atoms with van der Waals surface area (Å²) in [6.07, 6.45) is 1.58. The molecule has 2 aliphatic rings. The molecule has 4 nitrogen and oxygen atoms in total. The van der Waals surface area contributed by atoms with Crippen LogP contribution in [0, 0.1) is 12.8 Å². The summed E-state index contributed by atoms with van der Waals surface area (Å²) in [6, 6.07) is 15.1. The normalized spacial score (nSPS) is 28.2. The Kier molecular flexibility index (Phi) is 3.56. The second kappa shape index (κ2) is 5.44. The van der Waals surface area contributed by atoms with Gasteiger partial charge in [0.05, 0.1) is 4.90 Å². The van der Waals surface area contributed by atoms with Gasteiger partial charge in [-0.05, 0) is 30.7 Å². The maximum atomic E-state index is 13.3. The Hall–Kier alpha value is -2.11. The molecule has 0 aromatic heterocycles. The third kappa shape index (κ3) is 2.19. The van der Waals surface area contributed by atoms with Crippen molar-refractivity contribution in [2.45, 2.75) is 30.3 Å². The molecule has 3 atom stereocenters. The van der Waals surface area contributed by atoms with Crippen molar-refractivity contribution in [1.29, 1.82) is 0 Å². The van der Waals surface area contributed by atoms with Crippen LogP contribution in [0.15, 0.2) is 66.1 Å². The van der Waals surface area contributed by atoms with E-state index in [-0.39, 0.29) is 17.5 Å². The van der Waals surface area contributed by atoms with Gasteiger partial charge in [-0.25, -0.2) is 8.42 Å². The van der Waals surface area contributed by atoms with Crippen molar-refractivity contribution in [3.8, 4) is 0 Å². The van der Waals surface area contributed by atoms with Crippen LogP contribution in [-0.4, -0.2) is 25.4 Å². The van der Waals surface area contributed by atoms with Crippen LogP contribution in [-0.2, 0) is 15.4 Å². The summed E-state index contributed by atoms with van der Waals surface area (Å²) in [4.78, 5) is 0.336. The molecule has 0 aliphatic carbocycles. The van der Waals surface area contributed by atoms with Gasteiger partial charge in [-0.3, -0.25) is 0 Å². The number of benzene rings is 2. The number of nitrogens with zero attached hydrogens (tertiary/aromatic N) is 1. The van der Waals surface area contributed by atoms with Gasteiger partial charge < -0.3 is 5.32 Å². The van der Waals surface area contributed by atoms with E-state index in [1.165, 1.54) is 0 Å². The minimum absolute atomic E-state index is 0.0499. The van der Waals surface area contributed by atoms with Crippen LogP contribution >= 0.6 is 0 Å². The van der Waals surface area contributed by atoms with E-state index in [9.17, 15) is 8.42 Å². The zero-order chi connectivity index (χ0) is 17.8. The van der Waals surface area contributed by atoms with Gasteiger partial charge in [0.2, 0.25) is 10.0 Å². The van der Waals surface area contributed by atoms with Gasteiger partial charge in [-0.1, -0.05) is 48.9 Å². The SMILES string of the molecule is C=C[C@@H]1CN(S(=O)(=O)c2ccc(C)cc2)[C@@H]2Nc3ccccc3[C@]12C. The van der Waals surface area contributed by atoms with Crippen LogP contribution < -0.4 is 5.32 Å². The number of rotatable bonds is 3. The van der Waals surface area contributed by atoms with Crippen molar-refractivity contribution in [2.24, 2.45) is 5.92 Å². The number of hydrogen-bond acceptors (Lipinski definition) is 3. The lowest BCUT2D eigenvalue weighted by Crippen LogP contribution is -2.45. The molecule has 0 radical (unpaired) electrons. The number of anilines is 1. The average Bonchev–Trinajstić information content (AvgIpc) is 3.05. The number of hydrogen-bond donors (Lipinski definition) is 1. The van der Waals surface area contributed by atoms with E-state index in [1.807, 2.05) is 43.3 Å². The molecule has 130 valence electrons. The first-order chi connectivity index (χ1) is 11.9. The Morgan fingerprint density at radius 3 is 2.56 bits per heavy atom. The lowest BCUT2D eigenvalue weighted by Gasteiger charge is -2.30. The summed E-state index contributed by atoms with van der Waals surface area (Å²) in [6.45, 7) is 8.49. The highest BCUT2D eigenvalue weighted by atomic mass is 32.2. The highest BCUT2D eigenvalue weighted by Crippen LogP contribution is 2.52. The lowest BCUT2D eigenvalue weighted by atomic mass is 9.74. The monoisotopic (exact) mass is 354 g/mol. The van der Waals surface area contributed by atoms with Crippen LogP contribution in [0.2, 0.25) is 0 Å². The van der Waals surface area contributed by atoms with Gasteiger partial charge in [0, 0.05) is 23.6 Å². The van der Waals surface area contributed by atoms with Crippen LogP contribution in [0.25, 0.3) is 0 Å². The van der Waals surface area contributed by atoms with E-state index in [1.54, 1.807) is 16.4 Å². The minimum Gasteiger partial charge on any atom is -0.368 e. The fraction of sp³-hybridized carbons (Fsp3) is 0.300. The number of fused-ring (bicyclic) bond motifs is 3. The maximum Gasteiger partial charge on any atom is 0.244 e. The second-order valence-corrected chi connectivity index (χ2v) is 9.00. The van der Waals surface area contributed by atoms with Crippen molar-refractivity contribution >= 4 is 15.7 Å². The standard InChI is InChI=1S/C20H22N2O2S/c1-4-15-13-22(25(23,24)16-11-9-14(2)10-12-16)19-20(15,3)17-7-5-6-8-18(17)21-19/h4-12,15,19,21H,1,13H2,2-3H3/t15-,19+,20+/m1/s1. The third-order valence-corrected chi connectivity index (χ3v) is 7.56. The molecule has 5 heteroatoms. The first kappa shape index (κ1) is 16.4. The van der Waals surface area contributed by atoms with Crippen LogP contribution in [0.1, 0.15) is 18.1 Å². The molecular weight excluding hydrogens is 332 g/mol. The molecule has 1 saturated heterocycles. The Bertz CT molecular complexity index is 936. The average molecular weight is 354 g/mol. The van der Waals surface area contributed by atoms with E-state index in [0.717, 1.165) is 16.8 Å². The van der Waals surface area contributed by atoms with Crippen LogP contribution in [0.4, 0.5) is 5.69 Å². The maximum absolute atomic E-state index is 13.3. The quantitative estimate of drug-likeness (QED) is 0.858. The number of nitrogens with one attached hydrogen (secondary N) is 1.